The number of rotatable bonds is 3. The smallest absolute Gasteiger partial charge is 0.405 e. The highest BCUT2D eigenvalue weighted by Crippen LogP contribution is 2.39. The third-order valence-electron chi connectivity index (χ3n) is 2.16. The van der Waals surface area contributed by atoms with Gasteiger partial charge in [0.05, 0.1) is 0 Å². The molecule has 0 radical (unpaired) electrons. The lowest BCUT2D eigenvalue weighted by atomic mass is 10.00. The monoisotopic (exact) mass is 296 g/mol. The van der Waals surface area contributed by atoms with Crippen molar-refractivity contribution in [3.63, 3.8) is 0 Å². The highest BCUT2D eigenvalue weighted by atomic mass is 32.1. The molecule has 108 valence electrons. The van der Waals surface area contributed by atoms with Gasteiger partial charge in [-0.3, -0.25) is 4.79 Å². The number of hydrogen-bond donors (Lipinski definition) is 1. The Balaban J connectivity index is 3.00. The Kier molecular flexibility index (Phi) is 4.63. The van der Waals surface area contributed by atoms with Gasteiger partial charge in [0.15, 0.2) is 5.92 Å². The predicted octanol–water partition coefficient (Wildman–Crippen LogP) is 3.30. The molecule has 0 spiro atoms. The van der Waals surface area contributed by atoms with Crippen molar-refractivity contribution in [3.8, 4) is 0 Å². The molecule has 0 saturated carbocycles. The van der Waals surface area contributed by atoms with Gasteiger partial charge in [0.1, 0.15) is 11.7 Å². The molecular weight excluding hydrogens is 281 g/mol. The average molecular weight is 296 g/mol. The van der Waals surface area contributed by atoms with E-state index in [0.29, 0.717) is 0 Å². The molecular formula is C12H15F3O3S. The number of carbonyl (C=O) groups is 1. The van der Waals surface area contributed by atoms with Crippen molar-refractivity contribution in [1.82, 2.24) is 0 Å². The number of thiophene rings is 1. The second-order valence-electron chi connectivity index (χ2n) is 5.01. The first-order valence-corrected chi connectivity index (χ1v) is 6.41. The lowest BCUT2D eigenvalue weighted by Crippen LogP contribution is -2.40. The van der Waals surface area contributed by atoms with Crippen LogP contribution in [0.25, 0.3) is 0 Å². The van der Waals surface area contributed by atoms with E-state index in [1.54, 1.807) is 0 Å². The number of hydrogen-bond acceptors (Lipinski definition) is 4. The number of carbonyl (C=O) groups excluding carboxylic acids is 1. The van der Waals surface area contributed by atoms with E-state index < -0.39 is 29.8 Å². The Hall–Kier alpha value is -1.08. The second-order valence-corrected chi connectivity index (χ2v) is 5.99. The molecule has 0 fully saturated rings. The molecule has 0 aliphatic heterocycles. The lowest BCUT2D eigenvalue weighted by Gasteiger charge is -2.27. The van der Waals surface area contributed by atoms with E-state index >= 15 is 0 Å². The Morgan fingerprint density at radius 3 is 2.32 bits per heavy atom. The summed E-state index contributed by atoms with van der Waals surface area (Å²) in [4.78, 5) is 11.7. The summed E-state index contributed by atoms with van der Waals surface area (Å²) in [6.07, 6.45) is -6.82. The maximum atomic E-state index is 12.9. The lowest BCUT2D eigenvalue weighted by molar-refractivity contribution is -0.221. The molecule has 0 aliphatic rings. The van der Waals surface area contributed by atoms with Crippen LogP contribution in [-0.4, -0.2) is 22.9 Å². The fourth-order valence-corrected chi connectivity index (χ4v) is 2.18. The zero-order valence-corrected chi connectivity index (χ0v) is 11.5. The van der Waals surface area contributed by atoms with E-state index in [1.807, 2.05) is 0 Å². The molecule has 19 heavy (non-hydrogen) atoms. The third kappa shape index (κ3) is 4.50. The van der Waals surface area contributed by atoms with Crippen molar-refractivity contribution in [1.29, 1.82) is 0 Å². The Bertz CT molecular complexity index is 420. The molecule has 7 heteroatoms. The van der Waals surface area contributed by atoms with Gasteiger partial charge in [0, 0.05) is 4.88 Å². The largest absolute Gasteiger partial charge is 0.459 e. The average Bonchev–Trinajstić information content (AvgIpc) is 2.63. The van der Waals surface area contributed by atoms with Crippen molar-refractivity contribution in [2.45, 2.75) is 38.7 Å². The van der Waals surface area contributed by atoms with Crippen LogP contribution in [0.1, 0.15) is 31.8 Å². The Morgan fingerprint density at radius 1 is 1.37 bits per heavy atom. The molecule has 1 aromatic rings. The summed E-state index contributed by atoms with van der Waals surface area (Å²) >= 11 is 0.953. The molecule has 2 atom stereocenters. The maximum Gasteiger partial charge on any atom is 0.405 e. The third-order valence-corrected chi connectivity index (χ3v) is 3.11. The molecule has 1 aromatic heterocycles. The minimum absolute atomic E-state index is 0.0770. The van der Waals surface area contributed by atoms with Gasteiger partial charge in [-0.15, -0.1) is 11.3 Å². The summed E-state index contributed by atoms with van der Waals surface area (Å²) in [6, 6.07) is 2.85. The van der Waals surface area contributed by atoms with Crippen LogP contribution in [0.2, 0.25) is 0 Å². The van der Waals surface area contributed by atoms with Gasteiger partial charge < -0.3 is 9.84 Å². The molecule has 0 bridgehead atoms. The van der Waals surface area contributed by atoms with Gasteiger partial charge in [0.2, 0.25) is 0 Å². The summed E-state index contributed by atoms with van der Waals surface area (Å²) in [5, 5.41) is 11.3. The van der Waals surface area contributed by atoms with Crippen LogP contribution < -0.4 is 0 Å². The first-order valence-electron chi connectivity index (χ1n) is 5.53. The minimum Gasteiger partial charge on any atom is -0.459 e. The molecule has 0 aliphatic carbocycles. The Morgan fingerprint density at radius 2 is 1.95 bits per heavy atom. The highest BCUT2D eigenvalue weighted by Gasteiger charge is 2.52. The van der Waals surface area contributed by atoms with Crippen molar-refractivity contribution in [2.75, 3.05) is 0 Å². The fourth-order valence-electron chi connectivity index (χ4n) is 1.43. The number of aliphatic hydroxyl groups is 1. The normalized spacial score (nSPS) is 15.9. The van der Waals surface area contributed by atoms with Crippen molar-refractivity contribution in [3.05, 3.63) is 22.4 Å². The fraction of sp³-hybridized carbons (Fsp3) is 0.583. The summed E-state index contributed by atoms with van der Waals surface area (Å²) in [5.74, 6) is -4.05. The zero-order chi connectivity index (χ0) is 14.8. The summed E-state index contributed by atoms with van der Waals surface area (Å²) in [7, 11) is 0. The van der Waals surface area contributed by atoms with Crippen molar-refractivity contribution in [2.24, 2.45) is 5.92 Å². The van der Waals surface area contributed by atoms with Crippen LogP contribution in [0.15, 0.2) is 17.5 Å². The van der Waals surface area contributed by atoms with Gasteiger partial charge in [-0.25, -0.2) is 0 Å². The standard InChI is InChI=1S/C12H15F3O3S/c1-11(2,3)18-10(17)8(12(13,14)15)9(16)7-5-4-6-19-7/h4-6,8-9,16H,1-3H3/t8-,9-/m0/s1. The Labute approximate surface area is 113 Å². The topological polar surface area (TPSA) is 46.5 Å². The molecule has 0 amide bonds. The second kappa shape index (κ2) is 5.50. The van der Waals surface area contributed by atoms with Crippen LogP contribution in [0.4, 0.5) is 13.2 Å². The molecule has 0 saturated heterocycles. The van der Waals surface area contributed by atoms with Crippen molar-refractivity contribution >= 4 is 17.3 Å². The first kappa shape index (κ1) is 16.0. The SMILES string of the molecule is CC(C)(C)OC(=O)[C@H]([C@@H](O)c1cccs1)C(F)(F)F. The number of alkyl halides is 3. The van der Waals surface area contributed by atoms with Gasteiger partial charge in [-0.05, 0) is 32.2 Å². The van der Waals surface area contributed by atoms with E-state index in [9.17, 15) is 23.1 Å². The van der Waals surface area contributed by atoms with Gasteiger partial charge in [0.25, 0.3) is 0 Å². The summed E-state index contributed by atoms with van der Waals surface area (Å²) in [6.45, 7) is 4.40. The van der Waals surface area contributed by atoms with Gasteiger partial charge >= 0.3 is 12.1 Å². The van der Waals surface area contributed by atoms with Crippen LogP contribution >= 0.6 is 11.3 Å². The van der Waals surface area contributed by atoms with E-state index in [1.165, 1.54) is 38.3 Å². The van der Waals surface area contributed by atoms with Crippen LogP contribution in [0.5, 0.6) is 0 Å². The maximum absolute atomic E-state index is 12.9. The molecule has 1 N–H and O–H groups in total. The zero-order valence-electron chi connectivity index (χ0n) is 10.7. The van der Waals surface area contributed by atoms with Gasteiger partial charge in [-0.1, -0.05) is 6.07 Å². The molecule has 1 heterocycles. The number of esters is 1. The van der Waals surface area contributed by atoms with Gasteiger partial charge in [-0.2, -0.15) is 13.2 Å². The molecule has 3 nitrogen and oxygen atoms in total. The van der Waals surface area contributed by atoms with Crippen LogP contribution in [0.3, 0.4) is 0 Å². The summed E-state index contributed by atoms with van der Waals surface area (Å²) < 4.78 is 43.5. The number of aliphatic hydroxyl groups excluding tert-OH is 1. The summed E-state index contributed by atoms with van der Waals surface area (Å²) in [5.41, 5.74) is -1.05. The van der Waals surface area contributed by atoms with E-state index in [2.05, 4.69) is 0 Å². The van der Waals surface area contributed by atoms with Crippen LogP contribution in [-0.2, 0) is 9.53 Å². The van der Waals surface area contributed by atoms with E-state index in [4.69, 9.17) is 4.74 Å². The van der Waals surface area contributed by atoms with E-state index in [0.717, 1.165) is 11.3 Å². The molecule has 0 unspecified atom stereocenters. The van der Waals surface area contributed by atoms with E-state index in [-0.39, 0.29) is 4.88 Å². The first-order chi connectivity index (χ1) is 8.52. The predicted molar refractivity (Wildman–Crippen MR) is 64.7 cm³/mol. The number of ether oxygens (including phenoxy) is 1. The van der Waals surface area contributed by atoms with Crippen molar-refractivity contribution < 1.29 is 27.8 Å². The molecule has 1 rings (SSSR count). The number of halogens is 3. The highest BCUT2D eigenvalue weighted by molar-refractivity contribution is 7.10. The quantitative estimate of drug-likeness (QED) is 0.871. The van der Waals surface area contributed by atoms with Crippen LogP contribution in [0, 0.1) is 5.92 Å². The molecule has 0 aromatic carbocycles. The minimum atomic E-state index is -4.87.